The minimum absolute atomic E-state index is 0.0301. The van der Waals surface area contributed by atoms with Crippen LogP contribution in [0.1, 0.15) is 24.2 Å². The minimum Gasteiger partial charge on any atom is -0.491 e. The van der Waals surface area contributed by atoms with E-state index in [0.29, 0.717) is 5.69 Å². The molecular formula is C16H16ClNO3. The van der Waals surface area contributed by atoms with Gasteiger partial charge < -0.3 is 9.30 Å². The second kappa shape index (κ2) is 6.14. The first kappa shape index (κ1) is 15.3. The quantitative estimate of drug-likeness (QED) is 0.815. The van der Waals surface area contributed by atoms with Crippen molar-refractivity contribution in [2.45, 2.75) is 20.0 Å². The van der Waals surface area contributed by atoms with E-state index in [1.807, 2.05) is 38.1 Å². The predicted octanol–water partition coefficient (Wildman–Crippen LogP) is 3.22. The predicted molar refractivity (Wildman–Crippen MR) is 83.1 cm³/mol. The second-order valence-corrected chi connectivity index (χ2v) is 5.31. The Morgan fingerprint density at radius 1 is 1.24 bits per heavy atom. The van der Waals surface area contributed by atoms with Crippen molar-refractivity contribution < 1.29 is 9.53 Å². The Kier molecular flexibility index (Phi) is 4.48. The van der Waals surface area contributed by atoms with E-state index >= 15 is 0 Å². The van der Waals surface area contributed by atoms with Crippen molar-refractivity contribution in [3.8, 4) is 17.0 Å². The summed E-state index contributed by atoms with van der Waals surface area (Å²) in [6, 6.07) is 10.6. The van der Waals surface area contributed by atoms with Crippen LogP contribution in [0.25, 0.3) is 11.3 Å². The maximum atomic E-state index is 12.1. The molecule has 0 saturated carbocycles. The first-order valence-electron chi connectivity index (χ1n) is 6.57. The van der Waals surface area contributed by atoms with Gasteiger partial charge in [-0.25, -0.2) is 0 Å². The number of hydrogen-bond donors (Lipinski definition) is 0. The number of rotatable bonds is 4. The number of pyridine rings is 1. The molecular weight excluding hydrogens is 290 g/mol. The molecule has 1 heterocycles. The minimum atomic E-state index is -0.751. The topological polar surface area (TPSA) is 48.3 Å². The maximum Gasteiger partial charge on any atom is 0.262 e. The summed E-state index contributed by atoms with van der Waals surface area (Å²) in [5, 5.41) is -0.751. The van der Waals surface area contributed by atoms with Crippen LogP contribution < -0.4 is 10.3 Å². The van der Waals surface area contributed by atoms with Crippen molar-refractivity contribution in [3.05, 3.63) is 52.3 Å². The molecule has 0 amide bonds. The monoisotopic (exact) mass is 305 g/mol. The maximum absolute atomic E-state index is 12.1. The molecule has 0 aliphatic rings. The molecule has 4 nitrogen and oxygen atoms in total. The number of ether oxygens (including phenoxy) is 1. The summed E-state index contributed by atoms with van der Waals surface area (Å²) in [5.41, 5.74) is 1.08. The van der Waals surface area contributed by atoms with Crippen molar-refractivity contribution >= 4 is 16.8 Å². The normalized spacial score (nSPS) is 10.7. The third-order valence-corrected chi connectivity index (χ3v) is 3.22. The van der Waals surface area contributed by atoms with Crippen LogP contribution in [0.4, 0.5) is 0 Å². The SMILES string of the molecule is CC(C)Oc1cccc(-c2ccc(C(=O)Cl)c(=O)n2C)c1. The molecule has 0 radical (unpaired) electrons. The Balaban J connectivity index is 2.50. The van der Waals surface area contributed by atoms with E-state index in [-0.39, 0.29) is 11.7 Å². The lowest BCUT2D eigenvalue weighted by Crippen LogP contribution is -2.23. The van der Waals surface area contributed by atoms with Gasteiger partial charge in [-0.15, -0.1) is 0 Å². The molecule has 0 spiro atoms. The lowest BCUT2D eigenvalue weighted by molar-refractivity contribution is 0.107. The van der Waals surface area contributed by atoms with Crippen LogP contribution in [-0.2, 0) is 7.05 Å². The highest BCUT2D eigenvalue weighted by molar-refractivity contribution is 6.67. The number of benzene rings is 1. The van der Waals surface area contributed by atoms with E-state index < -0.39 is 10.8 Å². The molecule has 1 aromatic carbocycles. The molecule has 2 aromatic rings. The number of halogens is 1. The summed E-state index contributed by atoms with van der Waals surface area (Å²) >= 11 is 5.39. The van der Waals surface area contributed by atoms with Gasteiger partial charge in [-0.3, -0.25) is 9.59 Å². The smallest absolute Gasteiger partial charge is 0.262 e. The first-order valence-corrected chi connectivity index (χ1v) is 6.95. The first-order chi connectivity index (χ1) is 9.90. The fourth-order valence-corrected chi connectivity index (χ4v) is 2.22. The third kappa shape index (κ3) is 3.34. The Morgan fingerprint density at radius 2 is 1.95 bits per heavy atom. The summed E-state index contributed by atoms with van der Waals surface area (Å²) in [6.45, 7) is 3.90. The Labute approximate surface area is 127 Å². The summed E-state index contributed by atoms with van der Waals surface area (Å²) < 4.78 is 7.05. The van der Waals surface area contributed by atoms with Gasteiger partial charge >= 0.3 is 0 Å². The summed E-state index contributed by atoms with van der Waals surface area (Å²) in [5.74, 6) is 0.729. The molecule has 0 aliphatic carbocycles. The third-order valence-electron chi connectivity index (χ3n) is 3.02. The fraction of sp³-hybridized carbons (Fsp3) is 0.250. The fourth-order valence-electron chi connectivity index (χ4n) is 2.08. The lowest BCUT2D eigenvalue weighted by atomic mass is 10.1. The van der Waals surface area contributed by atoms with E-state index in [1.54, 1.807) is 13.1 Å². The van der Waals surface area contributed by atoms with Crippen LogP contribution in [0, 0.1) is 0 Å². The molecule has 0 atom stereocenters. The average Bonchev–Trinajstić information content (AvgIpc) is 2.41. The molecule has 0 unspecified atom stereocenters. The number of aromatic nitrogens is 1. The molecule has 1 aromatic heterocycles. The number of nitrogens with zero attached hydrogens (tertiary/aromatic N) is 1. The van der Waals surface area contributed by atoms with Gasteiger partial charge in [0.25, 0.3) is 10.8 Å². The van der Waals surface area contributed by atoms with Crippen molar-refractivity contribution in [1.29, 1.82) is 0 Å². The van der Waals surface area contributed by atoms with E-state index in [0.717, 1.165) is 11.3 Å². The molecule has 2 rings (SSSR count). The zero-order valence-electron chi connectivity index (χ0n) is 12.1. The van der Waals surface area contributed by atoms with Crippen LogP contribution in [0.2, 0.25) is 0 Å². The highest BCUT2D eigenvalue weighted by atomic mass is 35.5. The van der Waals surface area contributed by atoms with Crippen LogP contribution in [0.5, 0.6) is 5.75 Å². The molecule has 0 saturated heterocycles. The van der Waals surface area contributed by atoms with Crippen molar-refractivity contribution in [2.75, 3.05) is 0 Å². The van der Waals surface area contributed by atoms with Gasteiger partial charge in [0.2, 0.25) is 0 Å². The Morgan fingerprint density at radius 3 is 2.57 bits per heavy atom. The summed E-state index contributed by atoms with van der Waals surface area (Å²) in [6.07, 6.45) is 0.0697. The van der Waals surface area contributed by atoms with Crippen LogP contribution in [0.15, 0.2) is 41.2 Å². The van der Waals surface area contributed by atoms with E-state index in [4.69, 9.17) is 16.3 Å². The zero-order chi connectivity index (χ0) is 15.6. The van der Waals surface area contributed by atoms with Gasteiger partial charge in [-0.2, -0.15) is 0 Å². The molecule has 0 fully saturated rings. The van der Waals surface area contributed by atoms with Gasteiger partial charge in [-0.05, 0) is 49.7 Å². The lowest BCUT2D eigenvalue weighted by Gasteiger charge is -2.13. The van der Waals surface area contributed by atoms with Crippen LogP contribution in [-0.4, -0.2) is 15.9 Å². The molecule has 21 heavy (non-hydrogen) atoms. The van der Waals surface area contributed by atoms with Gasteiger partial charge in [0.1, 0.15) is 5.75 Å². The number of hydrogen-bond acceptors (Lipinski definition) is 3. The van der Waals surface area contributed by atoms with E-state index in [2.05, 4.69) is 0 Å². The molecule has 0 bridgehead atoms. The Hall–Kier alpha value is -2.07. The Bertz CT molecular complexity index is 735. The van der Waals surface area contributed by atoms with E-state index in [9.17, 15) is 9.59 Å². The van der Waals surface area contributed by atoms with Crippen LogP contribution >= 0.6 is 11.6 Å². The average molecular weight is 306 g/mol. The summed E-state index contributed by atoms with van der Waals surface area (Å²) in [7, 11) is 1.61. The van der Waals surface area contributed by atoms with Crippen molar-refractivity contribution in [2.24, 2.45) is 7.05 Å². The molecule has 0 aliphatic heterocycles. The highest BCUT2D eigenvalue weighted by Crippen LogP contribution is 2.23. The largest absolute Gasteiger partial charge is 0.491 e. The molecule has 110 valence electrons. The number of carbonyl (C=O) groups excluding carboxylic acids is 1. The van der Waals surface area contributed by atoms with Gasteiger partial charge in [-0.1, -0.05) is 12.1 Å². The van der Waals surface area contributed by atoms with Gasteiger partial charge in [0.15, 0.2) is 0 Å². The number of carbonyl (C=O) groups is 1. The second-order valence-electron chi connectivity index (χ2n) is 4.96. The zero-order valence-corrected chi connectivity index (χ0v) is 12.8. The standard InChI is InChI=1S/C16H16ClNO3/c1-10(2)21-12-6-4-5-11(9-12)14-8-7-13(15(17)19)16(20)18(14)3/h4-10H,1-3H3. The highest BCUT2D eigenvalue weighted by Gasteiger charge is 2.12. The summed E-state index contributed by atoms with van der Waals surface area (Å²) in [4.78, 5) is 23.3. The van der Waals surface area contributed by atoms with Crippen LogP contribution in [0.3, 0.4) is 0 Å². The van der Waals surface area contributed by atoms with Gasteiger partial charge in [0.05, 0.1) is 17.4 Å². The van der Waals surface area contributed by atoms with Crippen molar-refractivity contribution in [1.82, 2.24) is 4.57 Å². The van der Waals surface area contributed by atoms with Crippen molar-refractivity contribution in [3.63, 3.8) is 0 Å². The molecule has 0 N–H and O–H groups in total. The van der Waals surface area contributed by atoms with Gasteiger partial charge in [0, 0.05) is 12.6 Å². The molecule has 5 heteroatoms. The van der Waals surface area contributed by atoms with E-state index in [1.165, 1.54) is 10.6 Å².